The second-order valence-electron chi connectivity index (χ2n) is 5.46. The van der Waals surface area contributed by atoms with Crippen molar-refractivity contribution in [3.63, 3.8) is 0 Å². The van der Waals surface area contributed by atoms with Crippen molar-refractivity contribution in [1.82, 2.24) is 4.90 Å². The highest BCUT2D eigenvalue weighted by Crippen LogP contribution is 2.34. The van der Waals surface area contributed by atoms with E-state index in [0.717, 1.165) is 40.2 Å². The third-order valence-corrected chi connectivity index (χ3v) is 6.68. The lowest BCUT2D eigenvalue weighted by Crippen LogP contribution is -2.37. The molecule has 5 heteroatoms. The molecule has 2 heterocycles. The van der Waals surface area contributed by atoms with Crippen molar-refractivity contribution in [3.05, 3.63) is 34.5 Å². The molecule has 0 saturated carbocycles. The highest BCUT2D eigenvalue weighted by atomic mass is 32.2. The smallest absolute Gasteiger partial charge is 0.132 e. The maximum atomic E-state index is 14.2. The fraction of sp³-hybridized carbons (Fsp3) is 0.500. The minimum atomic E-state index is -0.114. The van der Waals surface area contributed by atoms with E-state index in [1.807, 2.05) is 6.07 Å². The summed E-state index contributed by atoms with van der Waals surface area (Å²) in [5, 5.41) is 1.49. The molecule has 1 aliphatic rings. The van der Waals surface area contributed by atoms with Crippen LogP contribution in [0, 0.1) is 5.82 Å². The zero-order chi connectivity index (χ0) is 14.8. The van der Waals surface area contributed by atoms with Crippen LogP contribution in [0.3, 0.4) is 0 Å². The van der Waals surface area contributed by atoms with Gasteiger partial charge in [-0.05, 0) is 24.1 Å². The second-order valence-corrected chi connectivity index (χ2v) is 8.00. The van der Waals surface area contributed by atoms with Gasteiger partial charge in [0.15, 0.2) is 0 Å². The molecule has 2 nitrogen and oxygen atoms in total. The molecule has 1 fully saturated rings. The maximum Gasteiger partial charge on any atom is 0.132 e. The largest absolute Gasteiger partial charge is 0.326 e. The minimum absolute atomic E-state index is 0.114. The molecule has 21 heavy (non-hydrogen) atoms. The Morgan fingerprint density at radius 3 is 3.05 bits per heavy atom. The van der Waals surface area contributed by atoms with Gasteiger partial charge in [0.25, 0.3) is 0 Å². The third-order valence-electron chi connectivity index (χ3n) is 4.09. The van der Waals surface area contributed by atoms with Crippen molar-refractivity contribution in [2.45, 2.75) is 31.7 Å². The molecule has 2 N–H and O–H groups in total. The lowest BCUT2D eigenvalue weighted by Gasteiger charge is -2.32. The van der Waals surface area contributed by atoms with E-state index in [0.29, 0.717) is 11.8 Å². The molecule has 0 amide bonds. The maximum absolute atomic E-state index is 14.2. The summed E-state index contributed by atoms with van der Waals surface area (Å²) >= 11 is 3.69. The average Bonchev–Trinajstić information content (AvgIpc) is 2.86. The first-order chi connectivity index (χ1) is 10.2. The summed E-state index contributed by atoms with van der Waals surface area (Å²) in [5.74, 6) is 1.05. The van der Waals surface area contributed by atoms with E-state index in [-0.39, 0.29) is 5.82 Å². The van der Waals surface area contributed by atoms with E-state index in [1.165, 1.54) is 12.2 Å². The molecule has 0 aliphatic carbocycles. The number of nitrogens with zero attached hydrogens (tertiary/aromatic N) is 1. The van der Waals surface area contributed by atoms with Gasteiger partial charge in [-0.15, -0.1) is 11.3 Å². The van der Waals surface area contributed by atoms with Crippen LogP contribution in [0.1, 0.15) is 23.8 Å². The monoisotopic (exact) mass is 324 g/mol. The Morgan fingerprint density at radius 1 is 1.43 bits per heavy atom. The zero-order valence-electron chi connectivity index (χ0n) is 12.3. The average molecular weight is 324 g/mol. The number of thioether (sulfide) groups is 1. The molecule has 1 aromatic heterocycles. The Kier molecular flexibility index (Phi) is 4.84. The van der Waals surface area contributed by atoms with E-state index in [2.05, 4.69) is 23.6 Å². The van der Waals surface area contributed by atoms with E-state index in [4.69, 9.17) is 5.73 Å². The SMILES string of the molecule is CCC1CN(Cc2c(CN)sc3cccc(F)c23)CCS1. The molecule has 114 valence electrons. The van der Waals surface area contributed by atoms with Gasteiger partial charge in [-0.3, -0.25) is 4.90 Å². The Balaban J connectivity index is 1.92. The molecule has 1 aromatic carbocycles. The number of halogens is 1. The third kappa shape index (κ3) is 3.11. The summed E-state index contributed by atoms with van der Waals surface area (Å²) in [6, 6.07) is 5.33. The van der Waals surface area contributed by atoms with Gasteiger partial charge >= 0.3 is 0 Å². The number of thiophene rings is 1. The van der Waals surface area contributed by atoms with Gasteiger partial charge in [0.1, 0.15) is 5.82 Å². The fourth-order valence-electron chi connectivity index (χ4n) is 2.94. The van der Waals surface area contributed by atoms with Crippen molar-refractivity contribution in [3.8, 4) is 0 Å². The van der Waals surface area contributed by atoms with E-state index in [9.17, 15) is 4.39 Å². The van der Waals surface area contributed by atoms with Crippen LogP contribution in [-0.4, -0.2) is 29.0 Å². The lowest BCUT2D eigenvalue weighted by molar-refractivity contribution is 0.273. The molecule has 3 rings (SSSR count). The molecule has 1 saturated heterocycles. The molecular weight excluding hydrogens is 303 g/mol. The van der Waals surface area contributed by atoms with Crippen LogP contribution in [0.15, 0.2) is 18.2 Å². The number of nitrogens with two attached hydrogens (primary N) is 1. The molecule has 1 aliphatic heterocycles. The summed E-state index contributed by atoms with van der Waals surface area (Å²) in [4.78, 5) is 3.58. The van der Waals surface area contributed by atoms with Crippen molar-refractivity contribution in [2.75, 3.05) is 18.8 Å². The normalized spacial score (nSPS) is 20.2. The van der Waals surface area contributed by atoms with E-state index < -0.39 is 0 Å². The number of rotatable bonds is 4. The highest BCUT2D eigenvalue weighted by molar-refractivity contribution is 8.00. The fourth-order valence-corrected chi connectivity index (χ4v) is 5.30. The Morgan fingerprint density at radius 2 is 2.29 bits per heavy atom. The van der Waals surface area contributed by atoms with Gasteiger partial charge in [-0.25, -0.2) is 4.39 Å². The lowest BCUT2D eigenvalue weighted by atomic mass is 10.1. The van der Waals surface area contributed by atoms with Crippen LogP contribution < -0.4 is 5.73 Å². The summed E-state index contributed by atoms with van der Waals surface area (Å²) in [6.07, 6.45) is 1.20. The van der Waals surface area contributed by atoms with Crippen LogP contribution >= 0.6 is 23.1 Å². The first kappa shape index (κ1) is 15.3. The van der Waals surface area contributed by atoms with E-state index >= 15 is 0 Å². The van der Waals surface area contributed by atoms with Gasteiger partial charge < -0.3 is 5.73 Å². The quantitative estimate of drug-likeness (QED) is 0.927. The van der Waals surface area contributed by atoms with Gasteiger partial charge in [0.2, 0.25) is 0 Å². The van der Waals surface area contributed by atoms with Gasteiger partial charge in [0, 0.05) is 52.1 Å². The summed E-state index contributed by atoms with van der Waals surface area (Å²) < 4.78 is 15.3. The van der Waals surface area contributed by atoms with Crippen LogP contribution in [0.25, 0.3) is 10.1 Å². The molecule has 0 bridgehead atoms. The van der Waals surface area contributed by atoms with Crippen LogP contribution in [0.5, 0.6) is 0 Å². The second kappa shape index (κ2) is 6.65. The Hall–Kier alpha value is -0.620. The summed E-state index contributed by atoms with van der Waals surface area (Å²) in [7, 11) is 0. The van der Waals surface area contributed by atoms with Gasteiger partial charge in [-0.2, -0.15) is 11.8 Å². The molecule has 0 spiro atoms. The first-order valence-electron chi connectivity index (χ1n) is 7.45. The number of hydrogen-bond acceptors (Lipinski definition) is 4. The van der Waals surface area contributed by atoms with Crippen molar-refractivity contribution >= 4 is 33.2 Å². The van der Waals surface area contributed by atoms with Crippen molar-refractivity contribution in [1.29, 1.82) is 0 Å². The first-order valence-corrected chi connectivity index (χ1v) is 9.32. The Labute approximate surface area is 133 Å². The van der Waals surface area contributed by atoms with Gasteiger partial charge in [-0.1, -0.05) is 13.0 Å². The number of hydrogen-bond donors (Lipinski definition) is 1. The number of benzene rings is 1. The van der Waals surface area contributed by atoms with Crippen molar-refractivity contribution in [2.24, 2.45) is 5.73 Å². The van der Waals surface area contributed by atoms with Gasteiger partial charge in [0.05, 0.1) is 0 Å². The summed E-state index contributed by atoms with van der Waals surface area (Å²) in [6.45, 7) is 5.73. The highest BCUT2D eigenvalue weighted by Gasteiger charge is 2.22. The Bertz CT molecular complexity index is 626. The molecule has 2 aromatic rings. The standard InChI is InChI=1S/C16H21FN2S2/c1-2-11-9-19(6-7-20-11)10-12-15(8-18)21-14-5-3-4-13(17)16(12)14/h3-5,11H,2,6-10,18H2,1H3. The number of fused-ring (bicyclic) bond motifs is 1. The van der Waals surface area contributed by atoms with Crippen LogP contribution in [-0.2, 0) is 13.1 Å². The molecule has 0 radical (unpaired) electrons. The molecule has 1 atom stereocenters. The predicted octanol–water partition coefficient (Wildman–Crippen LogP) is 3.83. The predicted molar refractivity (Wildman–Crippen MR) is 91.5 cm³/mol. The zero-order valence-corrected chi connectivity index (χ0v) is 13.9. The van der Waals surface area contributed by atoms with Crippen LogP contribution in [0.2, 0.25) is 0 Å². The summed E-state index contributed by atoms with van der Waals surface area (Å²) in [5.41, 5.74) is 7.00. The topological polar surface area (TPSA) is 29.3 Å². The molecule has 1 unspecified atom stereocenters. The van der Waals surface area contributed by atoms with Crippen LogP contribution in [0.4, 0.5) is 4.39 Å². The van der Waals surface area contributed by atoms with E-state index in [1.54, 1.807) is 23.5 Å². The van der Waals surface area contributed by atoms with Crippen molar-refractivity contribution < 1.29 is 4.39 Å². The minimum Gasteiger partial charge on any atom is -0.326 e. The molecular formula is C16H21FN2S2.